The van der Waals surface area contributed by atoms with E-state index in [9.17, 15) is 0 Å². The summed E-state index contributed by atoms with van der Waals surface area (Å²) < 4.78 is 5.72. The Kier molecular flexibility index (Phi) is 8.12. The van der Waals surface area contributed by atoms with Crippen LogP contribution in [-0.4, -0.2) is 37.7 Å². The van der Waals surface area contributed by atoms with Crippen LogP contribution >= 0.6 is 0 Å². The Balaban J connectivity index is 1.49. The summed E-state index contributed by atoms with van der Waals surface area (Å²) in [5.41, 5.74) is 2.20. The number of ether oxygens (including phenoxy) is 1. The van der Waals surface area contributed by atoms with Gasteiger partial charge in [-0.25, -0.2) is 4.98 Å². The average Bonchev–Trinajstić information content (AvgIpc) is 2.79. The number of anilines is 1. The quantitative estimate of drug-likeness (QED) is 0.396. The lowest BCUT2D eigenvalue weighted by molar-refractivity contribution is 0.358. The van der Waals surface area contributed by atoms with Crippen molar-refractivity contribution >= 4 is 11.8 Å². The van der Waals surface area contributed by atoms with Crippen molar-refractivity contribution in [2.45, 2.75) is 32.9 Å². The summed E-state index contributed by atoms with van der Waals surface area (Å²) in [6.07, 6.45) is 6.19. The molecule has 1 aliphatic heterocycles. The van der Waals surface area contributed by atoms with E-state index in [1.807, 2.05) is 30.5 Å². The van der Waals surface area contributed by atoms with E-state index in [4.69, 9.17) is 4.74 Å². The molecule has 0 unspecified atom stereocenters. The fraction of sp³-hybridized carbons (Fsp3) is 0.417. The maximum absolute atomic E-state index is 5.72. The third kappa shape index (κ3) is 6.24. The highest BCUT2D eigenvalue weighted by molar-refractivity contribution is 5.79. The van der Waals surface area contributed by atoms with Crippen LogP contribution in [0.2, 0.25) is 0 Å². The zero-order chi connectivity index (χ0) is 21.2. The number of aromatic nitrogens is 1. The van der Waals surface area contributed by atoms with Crippen molar-refractivity contribution in [3.63, 3.8) is 0 Å². The normalized spacial score (nSPS) is 15.0. The number of rotatable bonds is 8. The van der Waals surface area contributed by atoms with E-state index >= 15 is 0 Å². The highest BCUT2D eigenvalue weighted by Crippen LogP contribution is 2.21. The second kappa shape index (κ2) is 11.2. The monoisotopic (exact) mass is 407 g/mol. The molecule has 1 saturated heterocycles. The van der Waals surface area contributed by atoms with E-state index in [1.165, 1.54) is 12.8 Å². The first-order valence-corrected chi connectivity index (χ1v) is 10.7. The van der Waals surface area contributed by atoms with Crippen molar-refractivity contribution in [3.05, 3.63) is 66.4 Å². The van der Waals surface area contributed by atoms with Crippen molar-refractivity contribution in [2.24, 2.45) is 10.9 Å². The lowest BCUT2D eigenvalue weighted by atomic mass is 9.99. The second-order valence-corrected chi connectivity index (χ2v) is 7.68. The Hall–Kier alpha value is -3.02. The minimum Gasteiger partial charge on any atom is -0.489 e. The standard InChI is InChI=1S/C24H33N5O/c1-4-15-30-22-8-6-5-7-21(22)18-28-24(25-3)27-17-20-9-10-23(26-16-20)29-13-11-19(2)12-14-29/h4-10,16,19H,1,11-15,17-18H2,2-3H3,(H2,25,27,28). The van der Waals surface area contributed by atoms with Crippen LogP contribution in [0.5, 0.6) is 5.75 Å². The van der Waals surface area contributed by atoms with Crippen LogP contribution in [0.4, 0.5) is 5.82 Å². The average molecular weight is 408 g/mol. The number of nitrogens with zero attached hydrogens (tertiary/aromatic N) is 3. The van der Waals surface area contributed by atoms with Gasteiger partial charge in [-0.3, -0.25) is 4.99 Å². The van der Waals surface area contributed by atoms with Gasteiger partial charge in [0.1, 0.15) is 18.2 Å². The lowest BCUT2D eigenvalue weighted by Gasteiger charge is -2.31. The van der Waals surface area contributed by atoms with Crippen LogP contribution < -0.4 is 20.3 Å². The van der Waals surface area contributed by atoms with Gasteiger partial charge in [-0.15, -0.1) is 0 Å². The van der Waals surface area contributed by atoms with Crippen LogP contribution in [0, 0.1) is 5.92 Å². The van der Waals surface area contributed by atoms with Crippen LogP contribution in [0.3, 0.4) is 0 Å². The summed E-state index contributed by atoms with van der Waals surface area (Å²) in [5.74, 6) is 3.49. The molecule has 1 aromatic heterocycles. The summed E-state index contributed by atoms with van der Waals surface area (Å²) in [6.45, 7) is 10.0. The molecule has 0 saturated carbocycles. The van der Waals surface area contributed by atoms with Crippen molar-refractivity contribution < 1.29 is 4.74 Å². The molecule has 1 fully saturated rings. The smallest absolute Gasteiger partial charge is 0.191 e. The molecule has 3 rings (SSSR count). The van der Waals surface area contributed by atoms with Gasteiger partial charge in [-0.05, 0) is 36.5 Å². The van der Waals surface area contributed by atoms with Crippen LogP contribution in [-0.2, 0) is 13.1 Å². The van der Waals surface area contributed by atoms with Gasteiger partial charge < -0.3 is 20.3 Å². The molecule has 160 valence electrons. The highest BCUT2D eigenvalue weighted by Gasteiger charge is 2.16. The zero-order valence-corrected chi connectivity index (χ0v) is 18.1. The third-order valence-electron chi connectivity index (χ3n) is 5.38. The van der Waals surface area contributed by atoms with E-state index in [2.05, 4.69) is 51.1 Å². The van der Waals surface area contributed by atoms with Crippen molar-refractivity contribution in [1.82, 2.24) is 15.6 Å². The molecule has 2 N–H and O–H groups in total. The van der Waals surface area contributed by atoms with Gasteiger partial charge in [0.25, 0.3) is 0 Å². The van der Waals surface area contributed by atoms with Gasteiger partial charge in [0.15, 0.2) is 5.96 Å². The van der Waals surface area contributed by atoms with E-state index < -0.39 is 0 Å². The fourth-order valence-corrected chi connectivity index (χ4v) is 3.47. The molecule has 1 aromatic carbocycles. The minimum absolute atomic E-state index is 0.490. The van der Waals surface area contributed by atoms with Crippen LogP contribution in [0.25, 0.3) is 0 Å². The summed E-state index contributed by atoms with van der Waals surface area (Å²) in [6, 6.07) is 12.2. The van der Waals surface area contributed by atoms with Gasteiger partial charge in [-0.2, -0.15) is 0 Å². The Labute approximate surface area is 180 Å². The maximum atomic E-state index is 5.72. The Morgan fingerprint density at radius 2 is 1.97 bits per heavy atom. The van der Waals surface area contributed by atoms with E-state index in [0.29, 0.717) is 19.7 Å². The second-order valence-electron chi connectivity index (χ2n) is 7.68. The van der Waals surface area contributed by atoms with Crippen molar-refractivity contribution in [2.75, 3.05) is 31.6 Å². The molecule has 0 bridgehead atoms. The van der Waals surface area contributed by atoms with Gasteiger partial charge in [0, 0.05) is 45.0 Å². The number of benzene rings is 1. The number of guanidine groups is 1. The maximum Gasteiger partial charge on any atom is 0.191 e. The number of nitrogens with one attached hydrogen (secondary N) is 2. The highest BCUT2D eigenvalue weighted by atomic mass is 16.5. The lowest BCUT2D eigenvalue weighted by Crippen LogP contribution is -2.36. The third-order valence-corrected chi connectivity index (χ3v) is 5.38. The first-order valence-electron chi connectivity index (χ1n) is 10.7. The summed E-state index contributed by atoms with van der Waals surface area (Å²) in [4.78, 5) is 11.4. The molecule has 0 radical (unpaired) electrons. The molecule has 0 amide bonds. The van der Waals surface area contributed by atoms with Gasteiger partial charge in [-0.1, -0.05) is 43.8 Å². The predicted molar refractivity (Wildman–Crippen MR) is 124 cm³/mol. The summed E-state index contributed by atoms with van der Waals surface area (Å²) >= 11 is 0. The largest absolute Gasteiger partial charge is 0.489 e. The van der Waals surface area contributed by atoms with Crippen molar-refractivity contribution in [3.8, 4) is 5.75 Å². The molecule has 0 aliphatic carbocycles. The molecule has 0 spiro atoms. The molecule has 6 nitrogen and oxygen atoms in total. The summed E-state index contributed by atoms with van der Waals surface area (Å²) in [5, 5.41) is 6.70. The number of hydrogen-bond donors (Lipinski definition) is 2. The molecule has 1 aliphatic rings. The molecular weight excluding hydrogens is 374 g/mol. The first kappa shape index (κ1) is 21.7. The Morgan fingerprint density at radius 1 is 1.20 bits per heavy atom. The zero-order valence-electron chi connectivity index (χ0n) is 18.1. The summed E-state index contributed by atoms with van der Waals surface area (Å²) in [7, 11) is 1.77. The SMILES string of the molecule is C=CCOc1ccccc1CNC(=NC)NCc1ccc(N2CCC(C)CC2)nc1. The predicted octanol–water partition coefficient (Wildman–Crippen LogP) is 3.75. The van der Waals surface area contributed by atoms with Gasteiger partial charge >= 0.3 is 0 Å². The minimum atomic E-state index is 0.490. The van der Waals surface area contributed by atoms with Crippen LogP contribution in [0.1, 0.15) is 30.9 Å². The molecule has 2 aromatic rings. The van der Waals surface area contributed by atoms with E-state index in [1.54, 1.807) is 13.1 Å². The van der Waals surface area contributed by atoms with Crippen LogP contribution in [0.15, 0.2) is 60.2 Å². The van der Waals surface area contributed by atoms with E-state index in [-0.39, 0.29) is 0 Å². The number of hydrogen-bond acceptors (Lipinski definition) is 4. The molecular formula is C24H33N5O. The number of piperidine rings is 1. The number of aliphatic imine (C=N–C) groups is 1. The Bertz CT molecular complexity index is 826. The molecule has 6 heteroatoms. The van der Waals surface area contributed by atoms with E-state index in [0.717, 1.165) is 47.7 Å². The van der Waals surface area contributed by atoms with Gasteiger partial charge in [0.05, 0.1) is 0 Å². The topological polar surface area (TPSA) is 61.8 Å². The number of para-hydroxylation sites is 1. The van der Waals surface area contributed by atoms with Gasteiger partial charge in [0.2, 0.25) is 0 Å². The van der Waals surface area contributed by atoms with Crippen molar-refractivity contribution in [1.29, 1.82) is 0 Å². The fourth-order valence-electron chi connectivity index (χ4n) is 3.47. The number of pyridine rings is 1. The molecule has 0 atom stereocenters. The molecule has 30 heavy (non-hydrogen) atoms. The Morgan fingerprint density at radius 3 is 2.67 bits per heavy atom. The molecule has 2 heterocycles. The first-order chi connectivity index (χ1) is 14.7.